The molecule has 0 aliphatic carbocycles. The second-order valence-corrected chi connectivity index (χ2v) is 7.13. The smallest absolute Gasteiger partial charge is 0.283 e. The van der Waals surface area contributed by atoms with E-state index in [-0.39, 0.29) is 17.2 Å². The van der Waals surface area contributed by atoms with Crippen molar-refractivity contribution in [2.45, 2.75) is 16.4 Å². The van der Waals surface area contributed by atoms with Crippen molar-refractivity contribution in [3.8, 4) is 11.5 Å². The summed E-state index contributed by atoms with van der Waals surface area (Å²) in [4.78, 5) is 12.5. The van der Waals surface area contributed by atoms with E-state index in [2.05, 4.69) is 0 Å². The number of nitro groups is 1. The lowest BCUT2D eigenvalue weighted by atomic mass is 10.2. The van der Waals surface area contributed by atoms with Crippen molar-refractivity contribution < 1.29 is 14.4 Å². The lowest BCUT2D eigenvalue weighted by Gasteiger charge is -2.09. The molecule has 3 aromatic rings. The summed E-state index contributed by atoms with van der Waals surface area (Å²) in [5, 5.41) is 12.1. The third-order valence-corrected chi connectivity index (χ3v) is 5.05. The lowest BCUT2D eigenvalue weighted by Crippen LogP contribution is -1.98. The zero-order valence-corrected chi connectivity index (χ0v) is 16.0. The van der Waals surface area contributed by atoms with Crippen LogP contribution in [0.2, 0.25) is 5.02 Å². The first kappa shape index (κ1) is 19.1. The standard InChI is InChI=1S/C20H16ClNO4S/c1-25-16-5-7-17(8-6-16)26-13-14-2-11-20(19(12-14)22(23)24)27-18-9-3-15(21)4-10-18/h2-12H,13H2,1H3. The number of hydrogen-bond donors (Lipinski definition) is 0. The van der Waals surface area contributed by atoms with Gasteiger partial charge in [-0.3, -0.25) is 10.1 Å². The summed E-state index contributed by atoms with van der Waals surface area (Å²) in [6, 6.07) is 19.5. The molecule has 5 nitrogen and oxygen atoms in total. The maximum atomic E-state index is 11.5. The highest BCUT2D eigenvalue weighted by Gasteiger charge is 2.16. The second kappa shape index (κ2) is 8.79. The Kier molecular flexibility index (Phi) is 6.21. The summed E-state index contributed by atoms with van der Waals surface area (Å²) in [6.45, 7) is 0.235. The molecule has 0 spiro atoms. The quantitative estimate of drug-likeness (QED) is 0.359. The van der Waals surface area contributed by atoms with Crippen LogP contribution in [0.1, 0.15) is 5.56 Å². The highest BCUT2D eigenvalue weighted by molar-refractivity contribution is 7.99. The molecule has 138 valence electrons. The number of benzene rings is 3. The molecule has 0 saturated carbocycles. The van der Waals surface area contributed by atoms with E-state index < -0.39 is 0 Å². The number of ether oxygens (including phenoxy) is 2. The molecule has 7 heteroatoms. The first-order chi connectivity index (χ1) is 13.0. The summed E-state index contributed by atoms with van der Waals surface area (Å²) < 4.78 is 10.8. The van der Waals surface area contributed by atoms with Gasteiger partial charge in [-0.25, -0.2) is 0 Å². The number of methoxy groups -OCH3 is 1. The van der Waals surface area contributed by atoms with Gasteiger partial charge in [0, 0.05) is 16.0 Å². The lowest BCUT2D eigenvalue weighted by molar-refractivity contribution is -0.387. The van der Waals surface area contributed by atoms with E-state index in [1.807, 2.05) is 18.2 Å². The van der Waals surface area contributed by atoms with Crippen LogP contribution in [-0.2, 0) is 6.61 Å². The van der Waals surface area contributed by atoms with Crippen LogP contribution < -0.4 is 9.47 Å². The van der Waals surface area contributed by atoms with E-state index in [1.54, 1.807) is 55.6 Å². The second-order valence-electron chi connectivity index (χ2n) is 5.58. The highest BCUT2D eigenvalue weighted by Crippen LogP contribution is 2.36. The molecule has 0 N–H and O–H groups in total. The van der Waals surface area contributed by atoms with Crippen LogP contribution in [0.25, 0.3) is 0 Å². The summed E-state index contributed by atoms with van der Waals surface area (Å²) in [6.07, 6.45) is 0. The van der Waals surface area contributed by atoms with Gasteiger partial charge in [-0.2, -0.15) is 0 Å². The van der Waals surface area contributed by atoms with Crippen LogP contribution in [0.4, 0.5) is 5.69 Å². The fourth-order valence-electron chi connectivity index (χ4n) is 2.35. The molecular weight excluding hydrogens is 386 g/mol. The van der Waals surface area contributed by atoms with E-state index in [1.165, 1.54) is 11.8 Å². The minimum atomic E-state index is -0.380. The molecule has 0 unspecified atom stereocenters. The fourth-order valence-corrected chi connectivity index (χ4v) is 3.38. The van der Waals surface area contributed by atoms with Gasteiger partial charge < -0.3 is 9.47 Å². The Bertz CT molecular complexity index is 930. The molecule has 27 heavy (non-hydrogen) atoms. The zero-order chi connectivity index (χ0) is 19.2. The van der Waals surface area contributed by atoms with Crippen molar-refractivity contribution in [2.24, 2.45) is 0 Å². The van der Waals surface area contributed by atoms with Crippen molar-refractivity contribution in [1.29, 1.82) is 0 Å². The topological polar surface area (TPSA) is 61.6 Å². The van der Waals surface area contributed by atoms with E-state index in [0.717, 1.165) is 16.2 Å². The van der Waals surface area contributed by atoms with Gasteiger partial charge in [0.15, 0.2) is 0 Å². The van der Waals surface area contributed by atoms with Gasteiger partial charge in [0.05, 0.1) is 16.9 Å². The molecule has 0 radical (unpaired) electrons. The number of rotatable bonds is 7. The molecule has 0 saturated heterocycles. The predicted molar refractivity (Wildman–Crippen MR) is 106 cm³/mol. The molecule has 0 aliphatic rings. The van der Waals surface area contributed by atoms with Gasteiger partial charge in [-0.15, -0.1) is 0 Å². The van der Waals surface area contributed by atoms with Crippen molar-refractivity contribution >= 4 is 29.1 Å². The van der Waals surface area contributed by atoms with Gasteiger partial charge in [0.25, 0.3) is 5.69 Å². The Balaban J connectivity index is 1.74. The molecule has 0 fully saturated rings. The van der Waals surface area contributed by atoms with Crippen molar-refractivity contribution in [3.63, 3.8) is 0 Å². The Morgan fingerprint density at radius 3 is 2.30 bits per heavy atom. The molecule has 0 heterocycles. The molecule has 0 amide bonds. The van der Waals surface area contributed by atoms with E-state index >= 15 is 0 Å². The van der Waals surface area contributed by atoms with Gasteiger partial charge in [-0.05, 0) is 60.2 Å². The summed E-state index contributed by atoms with van der Waals surface area (Å²) in [5.41, 5.74) is 0.767. The van der Waals surface area contributed by atoms with Crippen molar-refractivity contribution in [1.82, 2.24) is 0 Å². The minimum Gasteiger partial charge on any atom is -0.497 e. The molecule has 0 aliphatic heterocycles. The number of hydrogen-bond acceptors (Lipinski definition) is 5. The van der Waals surface area contributed by atoms with Crippen LogP contribution in [0, 0.1) is 10.1 Å². The molecule has 0 bridgehead atoms. The van der Waals surface area contributed by atoms with Gasteiger partial charge >= 0.3 is 0 Å². The van der Waals surface area contributed by atoms with Crippen LogP contribution in [0.3, 0.4) is 0 Å². The van der Waals surface area contributed by atoms with Crippen LogP contribution in [0.15, 0.2) is 76.5 Å². The van der Waals surface area contributed by atoms with Crippen LogP contribution in [-0.4, -0.2) is 12.0 Å². The average Bonchev–Trinajstić information content (AvgIpc) is 2.69. The van der Waals surface area contributed by atoms with Crippen molar-refractivity contribution in [3.05, 3.63) is 87.4 Å². The minimum absolute atomic E-state index is 0.0470. The van der Waals surface area contributed by atoms with Gasteiger partial charge in [0.2, 0.25) is 0 Å². The summed E-state index contributed by atoms with van der Waals surface area (Å²) in [5.74, 6) is 1.40. The highest BCUT2D eigenvalue weighted by atomic mass is 35.5. The number of nitro benzene ring substituents is 1. The van der Waals surface area contributed by atoms with Crippen LogP contribution in [0.5, 0.6) is 11.5 Å². The number of halogens is 1. The van der Waals surface area contributed by atoms with E-state index in [4.69, 9.17) is 21.1 Å². The summed E-state index contributed by atoms with van der Waals surface area (Å²) >= 11 is 7.20. The maximum absolute atomic E-state index is 11.5. The molecule has 0 atom stereocenters. The fraction of sp³-hybridized carbons (Fsp3) is 0.100. The Morgan fingerprint density at radius 1 is 1.00 bits per heavy atom. The third kappa shape index (κ3) is 5.15. The first-order valence-corrected chi connectivity index (χ1v) is 9.22. The third-order valence-electron chi connectivity index (χ3n) is 3.73. The Hall–Kier alpha value is -2.70. The normalized spacial score (nSPS) is 10.4. The van der Waals surface area contributed by atoms with Crippen LogP contribution >= 0.6 is 23.4 Å². The van der Waals surface area contributed by atoms with E-state index in [0.29, 0.717) is 15.7 Å². The number of nitrogens with zero attached hydrogens (tertiary/aromatic N) is 1. The van der Waals surface area contributed by atoms with Gasteiger partial charge in [-0.1, -0.05) is 29.4 Å². The average molecular weight is 402 g/mol. The predicted octanol–water partition coefficient (Wildman–Crippen LogP) is 5.99. The van der Waals surface area contributed by atoms with Gasteiger partial charge in [0.1, 0.15) is 18.1 Å². The largest absolute Gasteiger partial charge is 0.497 e. The molecular formula is C20H16ClNO4S. The maximum Gasteiger partial charge on any atom is 0.283 e. The first-order valence-electron chi connectivity index (χ1n) is 8.03. The Labute approximate surface area is 166 Å². The molecule has 3 aromatic carbocycles. The molecule has 0 aromatic heterocycles. The monoisotopic (exact) mass is 401 g/mol. The molecule has 3 rings (SSSR count). The Morgan fingerprint density at radius 2 is 1.67 bits per heavy atom. The SMILES string of the molecule is COc1ccc(OCc2ccc(Sc3ccc(Cl)cc3)c([N+](=O)[O-])c2)cc1. The van der Waals surface area contributed by atoms with E-state index in [9.17, 15) is 10.1 Å². The summed E-state index contributed by atoms with van der Waals surface area (Å²) in [7, 11) is 1.60. The van der Waals surface area contributed by atoms with Crippen molar-refractivity contribution in [2.75, 3.05) is 7.11 Å². The zero-order valence-electron chi connectivity index (χ0n) is 14.4.